The molecule has 1 aromatic heterocycles. The molecule has 0 radical (unpaired) electrons. The Morgan fingerprint density at radius 3 is 2.24 bits per heavy atom. The fourth-order valence-electron chi connectivity index (χ4n) is 3.30. The Morgan fingerprint density at radius 1 is 0.800 bits per heavy atom. The lowest BCUT2D eigenvalue weighted by Gasteiger charge is -2.37. The van der Waals surface area contributed by atoms with Crippen molar-refractivity contribution in [3.05, 3.63) is 67.0 Å². The van der Waals surface area contributed by atoms with E-state index in [0.29, 0.717) is 0 Å². The van der Waals surface area contributed by atoms with Gasteiger partial charge in [0, 0.05) is 26.2 Å². The largest absolute Gasteiger partial charge is 0.495 e. The van der Waals surface area contributed by atoms with Gasteiger partial charge in [-0.3, -0.25) is 0 Å². The lowest BCUT2D eigenvalue weighted by molar-refractivity contribution is 0.413. The van der Waals surface area contributed by atoms with Crippen molar-refractivity contribution in [1.29, 1.82) is 0 Å². The molecule has 5 heteroatoms. The molecule has 4 rings (SSSR count). The Morgan fingerprint density at radius 2 is 1.48 bits per heavy atom. The first-order valence-corrected chi connectivity index (χ1v) is 8.58. The highest BCUT2D eigenvalue weighted by Crippen LogP contribution is 2.29. The molecule has 1 aliphatic heterocycles. The third kappa shape index (κ3) is 3.18. The predicted octanol–water partition coefficient (Wildman–Crippen LogP) is 3.21. The van der Waals surface area contributed by atoms with E-state index in [1.165, 1.54) is 11.4 Å². The zero-order valence-electron chi connectivity index (χ0n) is 14.4. The highest BCUT2D eigenvalue weighted by molar-refractivity contribution is 5.59. The number of hydrogen-bond acceptors (Lipinski definition) is 4. The number of hydrogen-bond donors (Lipinski definition) is 0. The van der Waals surface area contributed by atoms with Gasteiger partial charge in [-0.05, 0) is 24.3 Å². The van der Waals surface area contributed by atoms with E-state index in [-0.39, 0.29) is 0 Å². The SMILES string of the molecule is COc1ccccc1N1CCN(c2cnn(-c3ccccc3)c2)CC1. The molecule has 0 saturated carbocycles. The number of piperazine rings is 1. The second-order valence-corrected chi connectivity index (χ2v) is 6.12. The van der Waals surface area contributed by atoms with Crippen LogP contribution in [0.3, 0.4) is 0 Å². The standard InChI is InChI=1S/C20H22N4O/c1-25-20-10-6-5-9-19(20)23-13-11-22(12-14-23)18-15-21-24(16-18)17-7-3-2-4-8-17/h2-10,15-16H,11-14H2,1H3. The van der Waals surface area contributed by atoms with Crippen LogP contribution in [0.2, 0.25) is 0 Å². The third-order valence-corrected chi connectivity index (χ3v) is 4.66. The molecule has 0 bridgehead atoms. The molecular weight excluding hydrogens is 312 g/mol. The maximum Gasteiger partial charge on any atom is 0.142 e. The second kappa shape index (κ2) is 6.89. The smallest absolute Gasteiger partial charge is 0.142 e. The number of anilines is 2. The maximum absolute atomic E-state index is 5.49. The zero-order valence-corrected chi connectivity index (χ0v) is 14.4. The highest BCUT2D eigenvalue weighted by Gasteiger charge is 2.20. The van der Waals surface area contributed by atoms with Gasteiger partial charge in [-0.2, -0.15) is 5.10 Å². The average molecular weight is 334 g/mol. The first kappa shape index (κ1) is 15.6. The van der Waals surface area contributed by atoms with E-state index >= 15 is 0 Å². The van der Waals surface area contributed by atoms with Crippen molar-refractivity contribution in [2.45, 2.75) is 0 Å². The maximum atomic E-state index is 5.49. The van der Waals surface area contributed by atoms with Gasteiger partial charge in [0.2, 0.25) is 0 Å². The number of para-hydroxylation sites is 3. The molecule has 2 aromatic carbocycles. The number of nitrogens with zero attached hydrogens (tertiary/aromatic N) is 4. The van der Waals surface area contributed by atoms with Crippen LogP contribution in [-0.2, 0) is 0 Å². The number of aromatic nitrogens is 2. The Hall–Kier alpha value is -2.95. The van der Waals surface area contributed by atoms with Crippen LogP contribution < -0.4 is 14.5 Å². The fraction of sp³-hybridized carbons (Fsp3) is 0.250. The van der Waals surface area contributed by atoms with E-state index < -0.39 is 0 Å². The number of ether oxygens (including phenoxy) is 1. The number of methoxy groups -OCH3 is 1. The molecule has 128 valence electrons. The summed E-state index contributed by atoms with van der Waals surface area (Å²) in [5.74, 6) is 0.938. The molecule has 3 aromatic rings. The van der Waals surface area contributed by atoms with Gasteiger partial charge in [0.25, 0.3) is 0 Å². The van der Waals surface area contributed by atoms with Crippen LogP contribution in [0.25, 0.3) is 5.69 Å². The Bertz CT molecular complexity index is 822. The normalized spacial score (nSPS) is 14.6. The lowest BCUT2D eigenvalue weighted by Crippen LogP contribution is -2.46. The molecule has 0 aliphatic carbocycles. The number of benzene rings is 2. The van der Waals surface area contributed by atoms with E-state index in [1.54, 1.807) is 7.11 Å². The van der Waals surface area contributed by atoms with Crippen molar-refractivity contribution in [3.63, 3.8) is 0 Å². The summed E-state index contributed by atoms with van der Waals surface area (Å²) in [7, 11) is 1.73. The van der Waals surface area contributed by atoms with Crippen molar-refractivity contribution in [2.24, 2.45) is 0 Å². The molecule has 1 fully saturated rings. The quantitative estimate of drug-likeness (QED) is 0.734. The molecule has 0 N–H and O–H groups in total. The molecule has 2 heterocycles. The van der Waals surface area contributed by atoms with Crippen LogP contribution in [0.4, 0.5) is 11.4 Å². The average Bonchev–Trinajstić information content (AvgIpc) is 3.19. The summed E-state index contributed by atoms with van der Waals surface area (Å²) in [6.07, 6.45) is 4.06. The first-order chi connectivity index (χ1) is 12.3. The van der Waals surface area contributed by atoms with Crippen LogP contribution in [0.1, 0.15) is 0 Å². The summed E-state index contributed by atoms with van der Waals surface area (Å²) in [5, 5.41) is 4.51. The highest BCUT2D eigenvalue weighted by atomic mass is 16.5. The molecular formula is C20H22N4O. The Kier molecular flexibility index (Phi) is 4.29. The number of rotatable bonds is 4. The minimum atomic E-state index is 0.938. The second-order valence-electron chi connectivity index (χ2n) is 6.12. The predicted molar refractivity (Wildman–Crippen MR) is 101 cm³/mol. The van der Waals surface area contributed by atoms with Gasteiger partial charge in [-0.15, -0.1) is 0 Å². The van der Waals surface area contributed by atoms with Crippen molar-refractivity contribution in [1.82, 2.24) is 9.78 Å². The van der Waals surface area contributed by atoms with Gasteiger partial charge in [-0.1, -0.05) is 30.3 Å². The summed E-state index contributed by atoms with van der Waals surface area (Å²) >= 11 is 0. The van der Waals surface area contributed by atoms with Crippen molar-refractivity contribution >= 4 is 11.4 Å². The van der Waals surface area contributed by atoms with Crippen LogP contribution in [0.5, 0.6) is 5.75 Å². The third-order valence-electron chi connectivity index (χ3n) is 4.66. The van der Waals surface area contributed by atoms with Crippen LogP contribution in [-0.4, -0.2) is 43.1 Å². The zero-order chi connectivity index (χ0) is 17.1. The van der Waals surface area contributed by atoms with Gasteiger partial charge >= 0.3 is 0 Å². The summed E-state index contributed by atoms with van der Waals surface area (Å²) in [6.45, 7) is 3.88. The van der Waals surface area contributed by atoms with E-state index in [2.05, 4.69) is 45.4 Å². The summed E-state index contributed by atoms with van der Waals surface area (Å²) in [6, 6.07) is 18.4. The molecule has 1 saturated heterocycles. The van der Waals surface area contributed by atoms with E-state index in [9.17, 15) is 0 Å². The van der Waals surface area contributed by atoms with Crippen LogP contribution in [0.15, 0.2) is 67.0 Å². The minimum absolute atomic E-state index is 0.938. The van der Waals surface area contributed by atoms with E-state index in [0.717, 1.165) is 37.6 Å². The topological polar surface area (TPSA) is 33.5 Å². The summed E-state index contributed by atoms with van der Waals surface area (Å²) in [4.78, 5) is 4.77. The van der Waals surface area contributed by atoms with Gasteiger partial charge < -0.3 is 14.5 Å². The summed E-state index contributed by atoms with van der Waals surface area (Å²) < 4.78 is 7.43. The van der Waals surface area contributed by atoms with Gasteiger partial charge in [0.05, 0.1) is 36.6 Å². The lowest BCUT2D eigenvalue weighted by atomic mass is 10.2. The minimum Gasteiger partial charge on any atom is -0.495 e. The van der Waals surface area contributed by atoms with E-state index in [4.69, 9.17) is 4.74 Å². The molecule has 5 nitrogen and oxygen atoms in total. The Balaban J connectivity index is 1.45. The van der Waals surface area contributed by atoms with Crippen LogP contribution in [0, 0.1) is 0 Å². The van der Waals surface area contributed by atoms with Gasteiger partial charge in [0.1, 0.15) is 5.75 Å². The van der Waals surface area contributed by atoms with Crippen molar-refractivity contribution < 1.29 is 4.74 Å². The van der Waals surface area contributed by atoms with E-state index in [1.807, 2.05) is 41.2 Å². The molecule has 0 atom stereocenters. The van der Waals surface area contributed by atoms with Gasteiger partial charge in [0.15, 0.2) is 0 Å². The summed E-state index contributed by atoms with van der Waals surface area (Å²) in [5.41, 5.74) is 3.43. The van der Waals surface area contributed by atoms with Crippen LogP contribution >= 0.6 is 0 Å². The molecule has 25 heavy (non-hydrogen) atoms. The fourth-order valence-corrected chi connectivity index (χ4v) is 3.30. The van der Waals surface area contributed by atoms with Crippen molar-refractivity contribution in [3.8, 4) is 11.4 Å². The first-order valence-electron chi connectivity index (χ1n) is 8.58. The molecule has 0 amide bonds. The monoisotopic (exact) mass is 334 g/mol. The Labute approximate surface area is 148 Å². The van der Waals surface area contributed by atoms with Gasteiger partial charge in [-0.25, -0.2) is 4.68 Å². The molecule has 0 spiro atoms. The van der Waals surface area contributed by atoms with Crippen molar-refractivity contribution in [2.75, 3.05) is 43.1 Å². The molecule has 0 unspecified atom stereocenters. The molecule has 1 aliphatic rings.